The van der Waals surface area contributed by atoms with Gasteiger partial charge in [-0.25, -0.2) is 0 Å². The van der Waals surface area contributed by atoms with Gasteiger partial charge >= 0.3 is 0 Å². The summed E-state index contributed by atoms with van der Waals surface area (Å²) in [4.78, 5) is 3.81. The average Bonchev–Trinajstić information content (AvgIpc) is 2.89. The molecule has 2 rings (SSSR count). The molecular weight excluding hydrogens is 312 g/mol. The monoisotopic (exact) mass is 332 g/mol. The van der Waals surface area contributed by atoms with Crippen molar-refractivity contribution in [3.05, 3.63) is 20.8 Å². The predicted molar refractivity (Wildman–Crippen MR) is 80.1 cm³/mol. The van der Waals surface area contributed by atoms with E-state index in [1.54, 1.807) is 0 Å². The summed E-state index contributed by atoms with van der Waals surface area (Å²) in [7, 11) is 4.22. The van der Waals surface area contributed by atoms with Crippen LogP contribution in [0.1, 0.15) is 11.3 Å². The van der Waals surface area contributed by atoms with Gasteiger partial charge in [0.2, 0.25) is 0 Å². The highest BCUT2D eigenvalue weighted by Gasteiger charge is 2.35. The lowest BCUT2D eigenvalue weighted by Gasteiger charge is -2.32. The number of hydrogen-bond donors (Lipinski definition) is 1. The summed E-state index contributed by atoms with van der Waals surface area (Å²) in [5.74, 6) is 0. The zero-order chi connectivity index (χ0) is 13.0. The summed E-state index contributed by atoms with van der Waals surface area (Å²) >= 11 is 5.32. The molecule has 1 aliphatic rings. The Hall–Kier alpha value is 0.0600. The number of rotatable bonds is 6. The number of nitrogens with zero attached hydrogens (tertiary/aromatic N) is 1. The van der Waals surface area contributed by atoms with Crippen molar-refractivity contribution in [1.29, 1.82) is 0 Å². The van der Waals surface area contributed by atoms with Crippen molar-refractivity contribution >= 4 is 27.3 Å². The minimum atomic E-state index is 0.290. The van der Waals surface area contributed by atoms with Crippen LogP contribution in [0.15, 0.2) is 15.9 Å². The molecule has 1 unspecified atom stereocenters. The molecule has 1 atom stereocenters. The molecule has 5 heteroatoms. The van der Waals surface area contributed by atoms with Crippen molar-refractivity contribution in [3.63, 3.8) is 0 Å². The molecule has 1 saturated heterocycles. The van der Waals surface area contributed by atoms with Gasteiger partial charge in [-0.05, 0) is 42.5 Å². The molecule has 1 N–H and O–H groups in total. The third kappa shape index (κ3) is 3.78. The first-order valence-electron chi connectivity index (χ1n) is 6.27. The molecule has 102 valence electrons. The highest BCUT2D eigenvalue weighted by atomic mass is 79.9. The van der Waals surface area contributed by atoms with Crippen LogP contribution in [0.5, 0.6) is 0 Å². The minimum Gasteiger partial charge on any atom is -0.381 e. The van der Waals surface area contributed by atoms with Crippen LogP contribution in [0, 0.1) is 5.41 Å². The molecule has 0 aliphatic carbocycles. The van der Waals surface area contributed by atoms with E-state index < -0.39 is 0 Å². The van der Waals surface area contributed by atoms with Gasteiger partial charge in [0, 0.05) is 46.4 Å². The fourth-order valence-corrected chi connectivity index (χ4v) is 4.21. The van der Waals surface area contributed by atoms with Gasteiger partial charge < -0.3 is 15.0 Å². The summed E-state index contributed by atoms with van der Waals surface area (Å²) in [6, 6.07) is 2.21. The van der Waals surface area contributed by atoms with Gasteiger partial charge in [0.15, 0.2) is 0 Å². The Morgan fingerprint density at radius 2 is 2.44 bits per heavy atom. The predicted octanol–water partition coefficient (Wildman–Crippen LogP) is 2.57. The van der Waals surface area contributed by atoms with Crippen LogP contribution in [-0.2, 0) is 11.3 Å². The topological polar surface area (TPSA) is 24.5 Å². The second-order valence-electron chi connectivity index (χ2n) is 5.24. The molecule has 0 aromatic carbocycles. The smallest absolute Gasteiger partial charge is 0.0547 e. The maximum Gasteiger partial charge on any atom is 0.0547 e. The van der Waals surface area contributed by atoms with Crippen LogP contribution in [0.3, 0.4) is 0 Å². The SMILES string of the molecule is CNCC1(CN(C)Cc2cc(Br)cs2)CCOC1. The van der Waals surface area contributed by atoms with Crippen molar-refractivity contribution in [2.75, 3.05) is 40.4 Å². The summed E-state index contributed by atoms with van der Waals surface area (Å²) in [6.45, 7) is 4.92. The van der Waals surface area contributed by atoms with Gasteiger partial charge in [0.1, 0.15) is 0 Å². The maximum absolute atomic E-state index is 5.60. The largest absolute Gasteiger partial charge is 0.381 e. The van der Waals surface area contributed by atoms with Crippen LogP contribution >= 0.6 is 27.3 Å². The van der Waals surface area contributed by atoms with Gasteiger partial charge in [0.25, 0.3) is 0 Å². The van der Waals surface area contributed by atoms with E-state index in [0.29, 0.717) is 0 Å². The van der Waals surface area contributed by atoms with Gasteiger partial charge in [-0.15, -0.1) is 11.3 Å². The van der Waals surface area contributed by atoms with Crippen molar-refractivity contribution in [2.45, 2.75) is 13.0 Å². The standard InChI is InChI=1S/C13H21BrN2OS/c1-15-8-13(3-4-17-10-13)9-16(2)6-12-5-11(14)7-18-12/h5,7,15H,3-4,6,8-10H2,1-2H3. The van der Waals surface area contributed by atoms with Crippen molar-refractivity contribution in [2.24, 2.45) is 5.41 Å². The Balaban J connectivity index is 1.90. The van der Waals surface area contributed by atoms with Crippen LogP contribution in [0.2, 0.25) is 0 Å². The van der Waals surface area contributed by atoms with E-state index in [1.807, 2.05) is 18.4 Å². The molecule has 3 nitrogen and oxygen atoms in total. The molecule has 1 aromatic heterocycles. The number of ether oxygens (including phenoxy) is 1. The zero-order valence-electron chi connectivity index (χ0n) is 11.0. The van der Waals surface area contributed by atoms with E-state index in [-0.39, 0.29) is 5.41 Å². The van der Waals surface area contributed by atoms with Crippen molar-refractivity contribution in [1.82, 2.24) is 10.2 Å². The number of nitrogens with one attached hydrogen (secondary N) is 1. The molecule has 0 saturated carbocycles. The Bertz CT molecular complexity index is 377. The third-order valence-electron chi connectivity index (χ3n) is 3.39. The lowest BCUT2D eigenvalue weighted by atomic mass is 9.86. The molecule has 18 heavy (non-hydrogen) atoms. The molecule has 1 fully saturated rings. The van der Waals surface area contributed by atoms with Gasteiger partial charge in [-0.2, -0.15) is 0 Å². The van der Waals surface area contributed by atoms with E-state index in [2.05, 4.69) is 44.6 Å². The van der Waals surface area contributed by atoms with Crippen LogP contribution in [0.4, 0.5) is 0 Å². The first-order chi connectivity index (χ1) is 8.63. The van der Waals surface area contributed by atoms with E-state index >= 15 is 0 Å². The van der Waals surface area contributed by atoms with E-state index in [9.17, 15) is 0 Å². The van der Waals surface area contributed by atoms with Crippen molar-refractivity contribution < 1.29 is 4.74 Å². The third-order valence-corrected chi connectivity index (χ3v) is 5.07. The molecule has 1 aromatic rings. The average molecular weight is 333 g/mol. The molecule has 2 heterocycles. The highest BCUT2D eigenvalue weighted by Crippen LogP contribution is 2.29. The highest BCUT2D eigenvalue weighted by molar-refractivity contribution is 9.10. The number of halogens is 1. The second-order valence-corrected chi connectivity index (χ2v) is 7.15. The first kappa shape index (κ1) is 14.5. The quantitative estimate of drug-likeness (QED) is 0.866. The van der Waals surface area contributed by atoms with Crippen molar-refractivity contribution in [3.8, 4) is 0 Å². The zero-order valence-corrected chi connectivity index (χ0v) is 13.4. The first-order valence-corrected chi connectivity index (χ1v) is 7.95. The molecule has 0 amide bonds. The van der Waals surface area contributed by atoms with E-state index in [4.69, 9.17) is 4.74 Å². The Kier molecular flexibility index (Phi) is 5.21. The molecule has 1 aliphatic heterocycles. The summed E-state index contributed by atoms with van der Waals surface area (Å²) < 4.78 is 6.78. The lowest BCUT2D eigenvalue weighted by molar-refractivity contribution is 0.118. The molecular formula is C13H21BrN2OS. The van der Waals surface area contributed by atoms with Gasteiger partial charge in [-0.1, -0.05) is 0 Å². The normalized spacial score (nSPS) is 24.0. The fraction of sp³-hybridized carbons (Fsp3) is 0.692. The minimum absolute atomic E-state index is 0.290. The second kappa shape index (κ2) is 6.48. The maximum atomic E-state index is 5.60. The number of thiophene rings is 1. The van der Waals surface area contributed by atoms with Gasteiger partial charge in [-0.3, -0.25) is 0 Å². The van der Waals surface area contributed by atoms with Crippen LogP contribution in [-0.4, -0.2) is 45.3 Å². The number of hydrogen-bond acceptors (Lipinski definition) is 4. The van der Waals surface area contributed by atoms with E-state index in [0.717, 1.165) is 39.3 Å². The fourth-order valence-electron chi connectivity index (χ4n) is 2.68. The lowest BCUT2D eigenvalue weighted by Crippen LogP contribution is -2.42. The molecule has 0 spiro atoms. The van der Waals surface area contributed by atoms with E-state index in [1.165, 1.54) is 9.35 Å². The van der Waals surface area contributed by atoms with Crippen LogP contribution < -0.4 is 5.32 Å². The summed E-state index contributed by atoms with van der Waals surface area (Å²) in [6.07, 6.45) is 1.16. The van der Waals surface area contributed by atoms with Crippen LogP contribution in [0.25, 0.3) is 0 Å². The Labute approximate surface area is 122 Å². The molecule has 0 radical (unpaired) electrons. The van der Waals surface area contributed by atoms with Gasteiger partial charge in [0.05, 0.1) is 6.61 Å². The summed E-state index contributed by atoms with van der Waals surface area (Å²) in [5, 5.41) is 5.46. The Morgan fingerprint density at radius 1 is 1.61 bits per heavy atom. The summed E-state index contributed by atoms with van der Waals surface area (Å²) in [5.41, 5.74) is 0.290. The molecule has 0 bridgehead atoms. The Morgan fingerprint density at radius 3 is 3.00 bits per heavy atom.